The van der Waals surface area contributed by atoms with Crippen LogP contribution in [0.3, 0.4) is 0 Å². The Balaban J connectivity index is -0.000000172. The molecule has 2 aromatic rings. The maximum Gasteiger partial charge on any atom is 2.00 e. The molecule has 0 saturated carbocycles. The van der Waals surface area contributed by atoms with Gasteiger partial charge in [-0.2, -0.15) is 0 Å². The molecule has 0 aliphatic carbocycles. The van der Waals surface area contributed by atoms with E-state index in [2.05, 4.69) is 9.97 Å². The first kappa shape index (κ1) is 33.5. The predicted octanol–water partition coefficient (Wildman–Crippen LogP) is -2.69. The molecule has 0 bridgehead atoms. The van der Waals surface area contributed by atoms with E-state index in [9.17, 15) is 18.9 Å². The molecule has 0 amide bonds. The van der Waals surface area contributed by atoms with E-state index in [0.29, 0.717) is 0 Å². The second-order valence-electron chi connectivity index (χ2n) is 4.44. The van der Waals surface area contributed by atoms with Crippen LogP contribution in [0.15, 0.2) is 48.8 Å². The summed E-state index contributed by atoms with van der Waals surface area (Å²) in [6.07, 6.45) is 3.54. The summed E-state index contributed by atoms with van der Waals surface area (Å²) in [5, 5.41) is 5.02. The molecule has 27 heavy (non-hydrogen) atoms. The Labute approximate surface area is 165 Å². The first-order chi connectivity index (χ1) is 10.5. The van der Waals surface area contributed by atoms with Gasteiger partial charge in [0.25, 0.3) is 0 Å². The molecule has 2 atom stereocenters. The molecule has 2 rings (SSSR count). The molecule has 2 heterocycles. The number of hydrogen-bond donors (Lipinski definition) is 3. The minimum Gasteiger partial charge on any atom is -0.776 e. The summed E-state index contributed by atoms with van der Waals surface area (Å²) in [6, 6.07) is 11.6. The summed E-state index contributed by atoms with van der Waals surface area (Å²) in [5.41, 5.74) is 1.83. The molecule has 0 saturated heterocycles. The van der Waals surface area contributed by atoms with E-state index in [1.165, 1.54) is 0 Å². The summed E-state index contributed by atoms with van der Waals surface area (Å²) in [7, 11) is -11.0. The third-order valence-electron chi connectivity index (χ3n) is 2.66. The number of aliphatic hydroxyl groups is 1. The Morgan fingerprint density at radius 2 is 1.19 bits per heavy atom. The van der Waals surface area contributed by atoms with Crippen LogP contribution >= 0.6 is 15.2 Å². The first-order valence-electron chi connectivity index (χ1n) is 6.09. The molecule has 0 spiro atoms. The van der Waals surface area contributed by atoms with Crippen molar-refractivity contribution in [3.63, 3.8) is 0 Å². The van der Waals surface area contributed by atoms with Crippen molar-refractivity contribution in [2.24, 2.45) is 0 Å². The van der Waals surface area contributed by atoms with E-state index in [1.54, 1.807) is 12.4 Å². The summed E-state index contributed by atoms with van der Waals surface area (Å²) in [6.45, 7) is 0.258. The Morgan fingerprint density at radius 1 is 0.889 bits per heavy atom. The summed E-state index contributed by atoms with van der Waals surface area (Å²) in [5.74, 6) is 0. The average Bonchev–Trinajstić information content (AvgIpc) is 2.47. The molecule has 2 unspecified atom stereocenters. The van der Waals surface area contributed by atoms with Crippen molar-refractivity contribution in [2.45, 2.75) is 12.0 Å². The van der Waals surface area contributed by atoms with Crippen molar-refractivity contribution >= 4 is 15.2 Å². The Hall–Kier alpha value is -1.04. The minimum atomic E-state index is -5.51. The fraction of sp³-hybridized carbons (Fsp3) is 0.167. The first-order valence-corrected chi connectivity index (χ1v) is 9.25. The zero-order valence-electron chi connectivity index (χ0n) is 13.8. The van der Waals surface area contributed by atoms with Crippen LogP contribution in [0.1, 0.15) is 6.92 Å². The van der Waals surface area contributed by atoms with Gasteiger partial charge in [-0.3, -0.25) is 9.97 Å². The largest absolute Gasteiger partial charge is 2.00 e. The van der Waals surface area contributed by atoms with E-state index in [0.717, 1.165) is 11.4 Å². The van der Waals surface area contributed by atoms with Crippen LogP contribution in [0, 0.1) is 0 Å². The molecule has 2 aromatic heterocycles. The molecular formula is C12H21CuN2O10P2+. The topological polar surface area (TPSA) is 263 Å². The molecule has 0 aliphatic rings. The Kier molecular flexibility index (Phi) is 16.4. The summed E-state index contributed by atoms with van der Waals surface area (Å²) in [4.78, 5) is 44.8. The van der Waals surface area contributed by atoms with E-state index in [-0.39, 0.29) is 40.4 Å². The number of nitrogens with zero attached hydrogens (tertiary/aromatic N) is 2. The van der Waals surface area contributed by atoms with Crippen LogP contribution in [-0.2, 0) is 31.7 Å². The SMILES string of the molecule is CC(O)(P(=O)([O-])O)P(=O)([O-])O.O.O.[Cu+2].[OH3+].c1ccc(-c2ccccn2)nc1. The number of hydrogen-bond acceptors (Lipinski definition) is 7. The van der Waals surface area contributed by atoms with Gasteiger partial charge in [0, 0.05) is 12.4 Å². The Morgan fingerprint density at radius 3 is 1.33 bits per heavy atom. The van der Waals surface area contributed by atoms with Gasteiger partial charge in [0.15, 0.2) is 20.3 Å². The van der Waals surface area contributed by atoms with Crippen molar-refractivity contribution in [1.82, 2.24) is 9.97 Å². The van der Waals surface area contributed by atoms with Gasteiger partial charge in [0.2, 0.25) is 0 Å². The second kappa shape index (κ2) is 13.2. The van der Waals surface area contributed by atoms with Crippen LogP contribution in [0.5, 0.6) is 0 Å². The third-order valence-corrected chi connectivity index (χ3v) is 6.32. The maximum absolute atomic E-state index is 10.1. The normalized spacial score (nSPS) is 15.8. The molecule has 0 aromatic carbocycles. The van der Waals surface area contributed by atoms with Gasteiger partial charge >= 0.3 is 17.1 Å². The summed E-state index contributed by atoms with van der Waals surface area (Å²) >= 11 is 0. The maximum atomic E-state index is 10.1. The quantitative estimate of drug-likeness (QED) is 0.235. The van der Waals surface area contributed by atoms with Crippen LogP contribution < -0.4 is 9.79 Å². The zero-order valence-corrected chi connectivity index (χ0v) is 16.5. The molecule has 15 heteroatoms. The second-order valence-corrected chi connectivity index (χ2v) is 8.62. The van der Waals surface area contributed by atoms with Crippen LogP contribution in [0.25, 0.3) is 11.4 Å². The van der Waals surface area contributed by atoms with Crippen LogP contribution in [0.4, 0.5) is 0 Å². The van der Waals surface area contributed by atoms with Crippen LogP contribution in [0.2, 0.25) is 0 Å². The fourth-order valence-electron chi connectivity index (χ4n) is 1.19. The van der Waals surface area contributed by atoms with Gasteiger partial charge in [0.05, 0.1) is 11.4 Å². The Bertz CT molecular complexity index is 662. The molecule has 1 radical (unpaired) electrons. The molecule has 12 nitrogen and oxygen atoms in total. The smallest absolute Gasteiger partial charge is 0.776 e. The predicted molar refractivity (Wildman–Crippen MR) is 89.8 cm³/mol. The van der Waals surface area contributed by atoms with E-state index < -0.39 is 20.3 Å². The van der Waals surface area contributed by atoms with E-state index >= 15 is 0 Å². The average molecular weight is 479 g/mol. The standard InChI is InChI=1S/C10H8N2.C2H8O7P2.Cu.3H2O/c1-3-7-11-9(5-1)10-6-2-4-8-12-10;1-2(3,10(4,5)6)11(7,8)9;;;;/h1-8H;3H,1H3,(H2,4,5,6)(H2,7,8,9);;3*1H2/q;;+2;;;/p-1. The van der Waals surface area contributed by atoms with Crippen molar-refractivity contribution in [3.05, 3.63) is 48.8 Å². The van der Waals surface area contributed by atoms with Crippen molar-refractivity contribution in [3.8, 4) is 11.4 Å². The number of rotatable bonds is 3. The van der Waals surface area contributed by atoms with Crippen molar-refractivity contribution < 1.29 is 67.3 Å². The molecule has 10 N–H and O–H groups in total. The van der Waals surface area contributed by atoms with Gasteiger partial charge in [-0.25, -0.2) is 0 Å². The van der Waals surface area contributed by atoms with E-state index in [1.807, 2.05) is 36.4 Å². The third kappa shape index (κ3) is 9.63. The van der Waals surface area contributed by atoms with Crippen LogP contribution in [-0.4, -0.2) is 40.9 Å². The van der Waals surface area contributed by atoms with Crippen molar-refractivity contribution in [2.75, 3.05) is 0 Å². The minimum absolute atomic E-state index is 0. The zero-order chi connectivity index (χ0) is 17.7. The van der Waals surface area contributed by atoms with Gasteiger partial charge in [-0.05, 0) is 31.2 Å². The van der Waals surface area contributed by atoms with Gasteiger partial charge in [-0.1, -0.05) is 12.1 Å². The molecule has 159 valence electrons. The fourth-order valence-corrected chi connectivity index (χ4v) is 2.47. The van der Waals surface area contributed by atoms with Crippen molar-refractivity contribution in [1.29, 1.82) is 0 Å². The van der Waals surface area contributed by atoms with Gasteiger partial charge < -0.3 is 50.2 Å². The molecule has 0 aliphatic heterocycles. The summed E-state index contributed by atoms with van der Waals surface area (Å²) < 4.78 is 20.2. The van der Waals surface area contributed by atoms with E-state index in [4.69, 9.17) is 14.9 Å². The number of aromatic nitrogens is 2. The molecular weight excluding hydrogens is 458 g/mol. The van der Waals surface area contributed by atoms with Gasteiger partial charge in [-0.15, -0.1) is 0 Å². The van der Waals surface area contributed by atoms with Gasteiger partial charge in [0.1, 0.15) is 0 Å². The monoisotopic (exact) mass is 478 g/mol. The number of pyridine rings is 2. The molecule has 0 fully saturated rings.